The number of piperidine rings is 1. The van der Waals surface area contributed by atoms with Crippen molar-refractivity contribution in [2.45, 2.75) is 38.2 Å². The minimum absolute atomic E-state index is 0.239. The average molecular weight is 358 g/mol. The monoisotopic (exact) mass is 357 g/mol. The largest absolute Gasteiger partial charge is 0.379 e. The first-order chi connectivity index (χ1) is 12.1. The summed E-state index contributed by atoms with van der Waals surface area (Å²) >= 11 is 1.83. The lowest BCUT2D eigenvalue weighted by Gasteiger charge is -2.34. The molecule has 4 nitrogen and oxygen atoms in total. The Morgan fingerprint density at radius 1 is 1.28 bits per heavy atom. The number of nitrogens with zero attached hydrogens (tertiary/aromatic N) is 3. The molecule has 0 aliphatic carbocycles. The van der Waals surface area contributed by atoms with Crippen LogP contribution < -0.4 is 0 Å². The van der Waals surface area contributed by atoms with Crippen molar-refractivity contribution in [3.63, 3.8) is 0 Å². The maximum atomic E-state index is 5.76. The van der Waals surface area contributed by atoms with Gasteiger partial charge in [0.1, 0.15) is 0 Å². The molecule has 4 rings (SSSR count). The molecule has 2 aliphatic heterocycles. The van der Waals surface area contributed by atoms with Crippen LogP contribution in [0.2, 0.25) is 0 Å². The van der Waals surface area contributed by atoms with Crippen molar-refractivity contribution >= 4 is 27.3 Å². The Morgan fingerprint density at radius 2 is 2.16 bits per heavy atom. The van der Waals surface area contributed by atoms with Gasteiger partial charge >= 0.3 is 0 Å². The summed E-state index contributed by atoms with van der Waals surface area (Å²) in [6.45, 7) is 5.34. The first-order valence-corrected chi connectivity index (χ1v) is 10.1. The highest BCUT2D eigenvalue weighted by Gasteiger charge is 2.31. The molecule has 0 unspecified atom stereocenters. The number of likely N-dealkylation sites (N-methyl/N-ethyl adjacent to an activating group) is 1. The summed E-state index contributed by atoms with van der Waals surface area (Å²) in [5.41, 5.74) is 3.62. The van der Waals surface area contributed by atoms with Crippen LogP contribution in [0.5, 0.6) is 0 Å². The lowest BCUT2D eigenvalue weighted by Crippen LogP contribution is -2.41. The average Bonchev–Trinajstić information content (AvgIpc) is 3.05. The molecule has 0 radical (unpaired) electrons. The fourth-order valence-electron chi connectivity index (χ4n) is 3.93. The van der Waals surface area contributed by atoms with Crippen LogP contribution in [-0.4, -0.2) is 55.5 Å². The van der Waals surface area contributed by atoms with Crippen LogP contribution in [0.4, 0.5) is 0 Å². The summed E-state index contributed by atoms with van der Waals surface area (Å²) in [6.07, 6.45) is 3.68. The molecule has 1 fully saturated rings. The van der Waals surface area contributed by atoms with Crippen molar-refractivity contribution < 1.29 is 4.74 Å². The van der Waals surface area contributed by atoms with E-state index in [-0.39, 0.29) is 6.10 Å². The van der Waals surface area contributed by atoms with Crippen LogP contribution >= 0.6 is 11.3 Å². The van der Waals surface area contributed by atoms with Gasteiger partial charge in [-0.3, -0.25) is 4.99 Å². The van der Waals surface area contributed by atoms with Gasteiger partial charge in [0.25, 0.3) is 0 Å². The third-order valence-corrected chi connectivity index (χ3v) is 6.76. The number of thiazole rings is 1. The van der Waals surface area contributed by atoms with Gasteiger partial charge in [0.2, 0.25) is 0 Å². The van der Waals surface area contributed by atoms with E-state index in [1.54, 1.807) is 0 Å². The van der Waals surface area contributed by atoms with Crippen LogP contribution in [0.1, 0.15) is 42.7 Å². The van der Waals surface area contributed by atoms with Gasteiger partial charge in [-0.25, -0.2) is 4.98 Å². The zero-order valence-corrected chi connectivity index (χ0v) is 16.2. The second kappa shape index (κ2) is 7.14. The summed E-state index contributed by atoms with van der Waals surface area (Å²) in [5, 5.41) is 1.23. The topological polar surface area (TPSA) is 37.7 Å². The van der Waals surface area contributed by atoms with Crippen LogP contribution in [0.15, 0.2) is 23.2 Å². The highest BCUT2D eigenvalue weighted by Crippen LogP contribution is 2.35. The minimum atomic E-state index is 0.239. The fraction of sp³-hybridized carbons (Fsp3) is 0.600. The van der Waals surface area contributed by atoms with Gasteiger partial charge in [0.05, 0.1) is 21.3 Å². The molecule has 1 aromatic heterocycles. The normalized spacial score (nSPS) is 28.3. The third-order valence-electron chi connectivity index (χ3n) is 5.59. The fourth-order valence-corrected chi connectivity index (χ4v) is 5.07. The Balaban J connectivity index is 1.62. The molecule has 3 atom stereocenters. The van der Waals surface area contributed by atoms with E-state index in [0.29, 0.717) is 11.8 Å². The number of hydrogen-bond acceptors (Lipinski definition) is 5. The molecule has 0 amide bonds. The lowest BCUT2D eigenvalue weighted by atomic mass is 9.94. The molecule has 0 N–H and O–H groups in total. The van der Waals surface area contributed by atoms with Crippen LogP contribution in [0.25, 0.3) is 10.2 Å². The quantitative estimate of drug-likeness (QED) is 0.835. The number of likely N-dealkylation sites (tertiary alicyclic amines) is 1. The molecule has 0 bridgehead atoms. The molecule has 1 saturated heterocycles. The van der Waals surface area contributed by atoms with Gasteiger partial charge in [-0.05, 0) is 56.5 Å². The first kappa shape index (κ1) is 17.1. The SMILES string of the molecule is CO[C@@H]1CN(C)CC[C@H]1c1nc2cc(C3=NC[C@@H](C)CC3)ccc2s1. The van der Waals surface area contributed by atoms with E-state index in [1.165, 1.54) is 27.4 Å². The number of rotatable bonds is 3. The van der Waals surface area contributed by atoms with Crippen LogP contribution in [0.3, 0.4) is 0 Å². The smallest absolute Gasteiger partial charge is 0.0996 e. The summed E-state index contributed by atoms with van der Waals surface area (Å²) < 4.78 is 7.03. The number of methoxy groups -OCH3 is 1. The van der Waals surface area contributed by atoms with Gasteiger partial charge in [0, 0.05) is 31.8 Å². The molecular formula is C20H27N3OS. The van der Waals surface area contributed by atoms with Crippen LogP contribution in [-0.2, 0) is 4.74 Å². The molecule has 2 aliphatic rings. The van der Waals surface area contributed by atoms with Gasteiger partial charge in [-0.15, -0.1) is 11.3 Å². The second-order valence-corrected chi connectivity index (χ2v) is 8.66. The van der Waals surface area contributed by atoms with Crippen molar-refractivity contribution in [1.29, 1.82) is 0 Å². The Bertz CT molecular complexity index is 784. The zero-order valence-electron chi connectivity index (χ0n) is 15.4. The molecule has 134 valence electrons. The Hall–Kier alpha value is -1.30. The predicted octanol–water partition coefficient (Wildman–Crippen LogP) is 3.95. The number of ether oxygens (including phenoxy) is 1. The Kier molecular flexibility index (Phi) is 4.89. The van der Waals surface area contributed by atoms with Gasteiger partial charge in [-0.2, -0.15) is 0 Å². The number of aliphatic imine (C=N–C) groups is 1. The standard InChI is InChI=1S/C20H27N3OS/c1-13-4-6-16(21-11-13)14-5-7-19-17(10-14)22-20(25-19)15-8-9-23(2)12-18(15)24-3/h5,7,10,13,15,18H,4,6,8-9,11-12H2,1-3H3/t13-,15+,18+/m0/s1. The van der Waals surface area contributed by atoms with Gasteiger partial charge in [0.15, 0.2) is 0 Å². The molecule has 0 saturated carbocycles. The predicted molar refractivity (Wildman–Crippen MR) is 105 cm³/mol. The van der Waals surface area contributed by atoms with E-state index in [1.807, 2.05) is 18.4 Å². The molecule has 25 heavy (non-hydrogen) atoms. The Labute approximate surface area is 153 Å². The van der Waals surface area contributed by atoms with Crippen molar-refractivity contribution in [3.8, 4) is 0 Å². The molecule has 3 heterocycles. The molecule has 1 aromatic carbocycles. The van der Waals surface area contributed by atoms with E-state index in [0.717, 1.165) is 38.0 Å². The summed E-state index contributed by atoms with van der Waals surface area (Å²) in [5.74, 6) is 1.13. The molecule has 0 spiro atoms. The maximum absolute atomic E-state index is 5.76. The van der Waals surface area contributed by atoms with E-state index < -0.39 is 0 Å². The third kappa shape index (κ3) is 3.50. The van der Waals surface area contributed by atoms with Crippen LogP contribution in [0, 0.1) is 5.92 Å². The van der Waals surface area contributed by atoms with Gasteiger partial charge < -0.3 is 9.64 Å². The minimum Gasteiger partial charge on any atom is -0.379 e. The molecule has 5 heteroatoms. The second-order valence-electron chi connectivity index (χ2n) is 7.60. The van der Waals surface area contributed by atoms with E-state index in [9.17, 15) is 0 Å². The molecule has 2 aromatic rings. The summed E-state index contributed by atoms with van der Waals surface area (Å²) in [7, 11) is 3.99. The maximum Gasteiger partial charge on any atom is 0.0996 e. The number of benzene rings is 1. The lowest BCUT2D eigenvalue weighted by molar-refractivity contribution is 0.0233. The first-order valence-electron chi connectivity index (χ1n) is 9.29. The molecular weight excluding hydrogens is 330 g/mol. The summed E-state index contributed by atoms with van der Waals surface area (Å²) in [4.78, 5) is 12.1. The van der Waals surface area contributed by atoms with Crippen molar-refractivity contribution in [2.24, 2.45) is 10.9 Å². The van der Waals surface area contributed by atoms with E-state index in [2.05, 4.69) is 37.1 Å². The van der Waals surface area contributed by atoms with Crippen molar-refractivity contribution in [3.05, 3.63) is 28.8 Å². The number of fused-ring (bicyclic) bond motifs is 1. The Morgan fingerprint density at radius 3 is 2.92 bits per heavy atom. The highest BCUT2D eigenvalue weighted by atomic mass is 32.1. The highest BCUT2D eigenvalue weighted by molar-refractivity contribution is 7.18. The summed E-state index contributed by atoms with van der Waals surface area (Å²) in [6, 6.07) is 6.69. The zero-order chi connectivity index (χ0) is 17.4. The van der Waals surface area contributed by atoms with Crippen molar-refractivity contribution in [2.75, 3.05) is 33.8 Å². The number of aromatic nitrogens is 1. The van der Waals surface area contributed by atoms with Gasteiger partial charge in [-0.1, -0.05) is 13.0 Å². The van der Waals surface area contributed by atoms with E-state index in [4.69, 9.17) is 14.7 Å². The number of hydrogen-bond donors (Lipinski definition) is 0. The van der Waals surface area contributed by atoms with Crippen molar-refractivity contribution in [1.82, 2.24) is 9.88 Å². The van der Waals surface area contributed by atoms with E-state index >= 15 is 0 Å².